The largest absolute Gasteiger partial charge is 0.460 e. The van der Waals surface area contributed by atoms with E-state index in [-0.39, 0.29) is 51.3 Å². The maximum atomic E-state index is 10.2. The Balaban J connectivity index is 0.000000405. The van der Waals surface area contributed by atoms with Gasteiger partial charge in [-0.15, -0.1) is 0 Å². The molecule has 0 amide bonds. The first-order valence-corrected chi connectivity index (χ1v) is 23.6. The number of benzene rings is 1. The predicted octanol–water partition coefficient (Wildman–Crippen LogP) is 13.1. The first kappa shape index (κ1) is 59.1. The smallest absolute Gasteiger partial charge is 0.303 e. The van der Waals surface area contributed by atoms with Crippen molar-refractivity contribution in [3.63, 3.8) is 0 Å². The van der Waals surface area contributed by atoms with Crippen LogP contribution in [0.1, 0.15) is 192 Å². The lowest BCUT2D eigenvalue weighted by Gasteiger charge is -2.22. The van der Waals surface area contributed by atoms with E-state index in [2.05, 4.69) is 131 Å². The Bertz CT molecular complexity index is 1890. The van der Waals surface area contributed by atoms with Crippen molar-refractivity contribution >= 4 is 41.0 Å². The van der Waals surface area contributed by atoms with Gasteiger partial charge in [0.1, 0.15) is 16.8 Å². The number of aromatic nitrogens is 2. The summed E-state index contributed by atoms with van der Waals surface area (Å²) in [6, 6.07) is 11.2. The van der Waals surface area contributed by atoms with Gasteiger partial charge in [-0.1, -0.05) is 18.2 Å². The molecule has 2 heterocycles. The zero-order chi connectivity index (χ0) is 50.9. The second-order valence-corrected chi connectivity index (χ2v) is 23.1. The Hall–Kier alpha value is -4.93. The highest BCUT2D eigenvalue weighted by molar-refractivity contribution is 5.67. The first-order valence-electron chi connectivity index (χ1n) is 23.6. The fourth-order valence-corrected chi connectivity index (χ4v) is 6.93. The molecule has 66 heavy (non-hydrogen) atoms. The highest BCUT2D eigenvalue weighted by Crippen LogP contribution is 2.27. The summed E-state index contributed by atoms with van der Waals surface area (Å²) >= 11 is 0. The van der Waals surface area contributed by atoms with Crippen molar-refractivity contribution in [2.75, 3.05) is 16.0 Å². The topological polar surface area (TPSA) is 141 Å². The number of hydrogen-bond acceptors (Lipinski definition) is 11. The number of fused-ring (bicyclic) bond motifs is 3. The fraction of sp³-hybridized carbons (Fsp3) is 0.618. The molecule has 0 bridgehead atoms. The van der Waals surface area contributed by atoms with Gasteiger partial charge < -0.3 is 30.2 Å². The maximum absolute atomic E-state index is 10.2. The number of carbonyl (C=O) groups is 3. The summed E-state index contributed by atoms with van der Waals surface area (Å²) < 4.78 is 14.4. The summed E-state index contributed by atoms with van der Waals surface area (Å²) in [7, 11) is 0. The Morgan fingerprint density at radius 3 is 1.27 bits per heavy atom. The minimum absolute atomic E-state index is 0.0955. The van der Waals surface area contributed by atoms with Gasteiger partial charge in [0.2, 0.25) is 0 Å². The number of esters is 3. The second kappa shape index (κ2) is 25.3. The molecule has 0 fully saturated rings. The molecule has 3 aliphatic carbocycles. The lowest BCUT2D eigenvalue weighted by Crippen LogP contribution is -2.26. The van der Waals surface area contributed by atoms with Crippen molar-refractivity contribution < 1.29 is 28.6 Å². The molecule has 1 aromatic carbocycles. The number of aryl methyl sites for hydroxylation is 4. The van der Waals surface area contributed by atoms with E-state index in [1.54, 1.807) is 11.1 Å². The third-order valence-electron chi connectivity index (χ3n) is 8.54. The van der Waals surface area contributed by atoms with Gasteiger partial charge in [-0.05, 0) is 210 Å². The number of carbonyl (C=O) groups excluding carboxylic acids is 3. The lowest BCUT2D eigenvalue weighted by molar-refractivity contribution is -0.153. The number of rotatable bonds is 3. The molecule has 0 unspecified atom stereocenters. The number of nitrogens with zero attached hydrogens (tertiary/aromatic N) is 2. The maximum Gasteiger partial charge on any atom is 0.303 e. The molecule has 3 aliphatic rings. The average molecular weight is 916 g/mol. The van der Waals surface area contributed by atoms with Gasteiger partial charge in [-0.3, -0.25) is 24.4 Å². The van der Waals surface area contributed by atoms with Crippen LogP contribution in [0.25, 0.3) is 6.08 Å². The summed E-state index contributed by atoms with van der Waals surface area (Å²) in [6.07, 6.45) is 16.6. The van der Waals surface area contributed by atoms with Crippen LogP contribution in [-0.4, -0.2) is 61.3 Å². The highest BCUT2D eigenvalue weighted by atomic mass is 16.6. The molecule has 11 heteroatoms. The Kier molecular flexibility index (Phi) is 22.6. The van der Waals surface area contributed by atoms with Crippen LogP contribution >= 0.6 is 0 Å². The van der Waals surface area contributed by atoms with Crippen LogP contribution in [0.2, 0.25) is 0 Å². The van der Waals surface area contributed by atoms with Gasteiger partial charge in [0.05, 0.1) is 29.5 Å². The van der Waals surface area contributed by atoms with Gasteiger partial charge in [0.25, 0.3) is 0 Å². The summed E-state index contributed by atoms with van der Waals surface area (Å²) in [5.74, 6) is -0.674. The zero-order valence-corrected chi connectivity index (χ0v) is 45.0. The van der Waals surface area contributed by atoms with Gasteiger partial charge in [0.15, 0.2) is 0 Å². The normalized spacial score (nSPS) is 13.5. The highest BCUT2D eigenvalue weighted by Gasteiger charge is 2.17. The molecule has 0 saturated carbocycles. The molecule has 3 N–H and O–H groups in total. The van der Waals surface area contributed by atoms with Crippen LogP contribution in [0.3, 0.4) is 0 Å². The second-order valence-electron chi connectivity index (χ2n) is 23.1. The van der Waals surface area contributed by atoms with E-state index in [9.17, 15) is 14.4 Å². The van der Waals surface area contributed by atoms with E-state index in [1.807, 2.05) is 74.7 Å². The molecule has 0 spiro atoms. The van der Waals surface area contributed by atoms with Crippen molar-refractivity contribution in [1.82, 2.24) is 9.97 Å². The van der Waals surface area contributed by atoms with Gasteiger partial charge >= 0.3 is 17.9 Å². The Morgan fingerprint density at radius 1 is 0.470 bits per heavy atom. The molecular formula is C55H89N5O6. The molecule has 0 saturated heterocycles. The molecule has 11 nitrogen and oxygen atoms in total. The molecule has 3 aromatic rings. The Morgan fingerprint density at radius 2 is 0.848 bits per heavy atom. The Labute approximate surface area is 400 Å². The number of pyridine rings is 2. The van der Waals surface area contributed by atoms with Gasteiger partial charge in [0, 0.05) is 55.2 Å². The van der Waals surface area contributed by atoms with E-state index in [4.69, 9.17) is 14.2 Å². The predicted molar refractivity (Wildman–Crippen MR) is 276 cm³/mol. The summed E-state index contributed by atoms with van der Waals surface area (Å²) in [5.41, 5.74) is 11.2. The van der Waals surface area contributed by atoms with Crippen molar-refractivity contribution in [2.24, 2.45) is 0 Å². The molecule has 0 radical (unpaired) electrons. The molecule has 0 aliphatic heterocycles. The molecular weight excluding hydrogens is 827 g/mol. The third-order valence-corrected chi connectivity index (χ3v) is 8.54. The number of anilines is 3. The van der Waals surface area contributed by atoms with Crippen molar-refractivity contribution in [3.8, 4) is 0 Å². The first-order chi connectivity index (χ1) is 29.9. The van der Waals surface area contributed by atoms with Crippen LogP contribution < -0.4 is 16.0 Å². The molecule has 2 aromatic heterocycles. The zero-order valence-electron chi connectivity index (χ0n) is 45.0. The van der Waals surface area contributed by atoms with Crippen LogP contribution in [0.15, 0.2) is 48.8 Å². The van der Waals surface area contributed by atoms with E-state index in [1.165, 1.54) is 81.1 Å². The summed E-state index contributed by atoms with van der Waals surface area (Å²) in [6.45, 7) is 40.3. The molecule has 6 rings (SSSR count). The SMILES string of the molecule is CC(=O)OC(C)(C)C.CC(=O)OC(C)(C)C.CC(=O)OC(C)(C)C.CC(C)(C)Nc1ccc2c(c1)CCC2.CC(C)(C)Nc1cnc2c(c1)C=CC2.CC(C)(C)Nc1cnc2c(c1)CCC2. The van der Waals surface area contributed by atoms with E-state index in [0.29, 0.717) is 0 Å². The van der Waals surface area contributed by atoms with Gasteiger partial charge in [-0.25, -0.2) is 0 Å². The summed E-state index contributed by atoms with van der Waals surface area (Å²) in [5, 5.41) is 10.4. The fourth-order valence-electron chi connectivity index (χ4n) is 6.93. The third kappa shape index (κ3) is 29.6. The quantitative estimate of drug-likeness (QED) is 0.171. The van der Waals surface area contributed by atoms with Crippen LogP contribution in [0.4, 0.5) is 17.1 Å². The van der Waals surface area contributed by atoms with Crippen LogP contribution in [0.5, 0.6) is 0 Å². The number of nitrogens with one attached hydrogen (secondary N) is 3. The van der Waals surface area contributed by atoms with Crippen LogP contribution in [0, 0.1) is 0 Å². The number of allylic oxidation sites excluding steroid dienone is 1. The van der Waals surface area contributed by atoms with Crippen LogP contribution in [-0.2, 0) is 60.7 Å². The monoisotopic (exact) mass is 916 g/mol. The van der Waals surface area contributed by atoms with Crippen molar-refractivity contribution in [1.29, 1.82) is 0 Å². The van der Waals surface area contributed by atoms with Crippen molar-refractivity contribution in [2.45, 2.75) is 224 Å². The number of ether oxygens (including phenoxy) is 3. The minimum atomic E-state index is -0.328. The number of hydrogen-bond donors (Lipinski definition) is 3. The lowest BCUT2D eigenvalue weighted by atomic mass is 10.1. The van der Waals surface area contributed by atoms with Crippen molar-refractivity contribution in [3.05, 3.63) is 82.4 Å². The summed E-state index contributed by atoms with van der Waals surface area (Å²) in [4.78, 5) is 39.6. The standard InChI is InChI=1S/C13H19N.C12H18N2.C12H16N2.3C6H12O2/c1-13(2,3)14-12-8-7-10-5-4-6-11(10)9-12;2*1-12(2,3)14-10-7-9-5-4-6-11(9)13-8-10;3*1-5(7)8-6(2,3)4/h7-9,14H,4-6H2,1-3H3;7-8,14H,4-6H2,1-3H3;4-5,7-8,14H,6H2,1-3H3;3*1-4H3. The van der Waals surface area contributed by atoms with E-state index in [0.717, 1.165) is 24.2 Å². The van der Waals surface area contributed by atoms with E-state index >= 15 is 0 Å². The average Bonchev–Trinajstić information content (AvgIpc) is 3.85. The molecule has 0 atom stereocenters. The van der Waals surface area contributed by atoms with E-state index < -0.39 is 0 Å². The molecule has 370 valence electrons. The minimum Gasteiger partial charge on any atom is -0.460 e. The van der Waals surface area contributed by atoms with Gasteiger partial charge in [-0.2, -0.15) is 0 Å².